The van der Waals surface area contributed by atoms with E-state index in [-0.39, 0.29) is 12.5 Å². The van der Waals surface area contributed by atoms with E-state index >= 15 is 0 Å². The normalized spacial score (nSPS) is 17.1. The number of hydrogen-bond acceptors (Lipinski definition) is 3. The molecule has 0 saturated carbocycles. The van der Waals surface area contributed by atoms with Gasteiger partial charge in [0.25, 0.3) is 0 Å². The molecule has 0 spiro atoms. The maximum Gasteiger partial charge on any atom is 0.243 e. The Morgan fingerprint density at radius 1 is 1.19 bits per heavy atom. The first-order valence-corrected chi connectivity index (χ1v) is 9.52. The summed E-state index contributed by atoms with van der Waals surface area (Å²) in [7, 11) is 3.53. The molecule has 6 nitrogen and oxygen atoms in total. The van der Waals surface area contributed by atoms with Gasteiger partial charge in [0.2, 0.25) is 5.91 Å². The van der Waals surface area contributed by atoms with Crippen LogP contribution in [0, 0.1) is 0 Å². The van der Waals surface area contributed by atoms with Crippen LogP contribution in [0.25, 0.3) is 0 Å². The second kappa shape index (κ2) is 10.2. The van der Waals surface area contributed by atoms with Gasteiger partial charge < -0.3 is 15.1 Å². The SMILES string of the molecule is CCC(C)NC(=NCC(=O)N(C)C)N1CCN(Cc2ccccc2)CC1. The lowest BCUT2D eigenvalue weighted by Gasteiger charge is -2.37. The van der Waals surface area contributed by atoms with Gasteiger partial charge in [-0.25, -0.2) is 4.99 Å². The molecule has 0 bridgehead atoms. The zero-order chi connectivity index (χ0) is 18.9. The second-order valence-electron chi connectivity index (χ2n) is 7.13. The summed E-state index contributed by atoms with van der Waals surface area (Å²) >= 11 is 0. The van der Waals surface area contributed by atoms with Crippen molar-refractivity contribution < 1.29 is 4.79 Å². The lowest BCUT2D eigenvalue weighted by molar-refractivity contribution is -0.127. The van der Waals surface area contributed by atoms with E-state index in [2.05, 4.69) is 64.3 Å². The topological polar surface area (TPSA) is 51.2 Å². The largest absolute Gasteiger partial charge is 0.354 e. The molecular weight excluding hydrogens is 326 g/mol. The van der Waals surface area contributed by atoms with Crippen LogP contribution in [0.2, 0.25) is 0 Å². The Labute approximate surface area is 157 Å². The van der Waals surface area contributed by atoms with Gasteiger partial charge in [0.15, 0.2) is 5.96 Å². The van der Waals surface area contributed by atoms with E-state index < -0.39 is 0 Å². The number of likely N-dealkylation sites (N-methyl/N-ethyl adjacent to an activating group) is 1. The van der Waals surface area contributed by atoms with E-state index in [9.17, 15) is 4.79 Å². The highest BCUT2D eigenvalue weighted by Gasteiger charge is 2.21. The Hall–Kier alpha value is -2.08. The molecule has 2 rings (SSSR count). The number of hydrogen-bond donors (Lipinski definition) is 1. The highest BCUT2D eigenvalue weighted by Crippen LogP contribution is 2.09. The minimum Gasteiger partial charge on any atom is -0.354 e. The Balaban J connectivity index is 1.94. The quantitative estimate of drug-likeness (QED) is 0.620. The van der Waals surface area contributed by atoms with Gasteiger partial charge in [0.1, 0.15) is 6.54 Å². The summed E-state index contributed by atoms with van der Waals surface area (Å²) in [4.78, 5) is 22.8. The zero-order valence-electron chi connectivity index (χ0n) is 16.6. The number of nitrogens with zero attached hydrogens (tertiary/aromatic N) is 4. The van der Waals surface area contributed by atoms with Gasteiger partial charge >= 0.3 is 0 Å². The third kappa shape index (κ3) is 6.33. The van der Waals surface area contributed by atoms with Crippen molar-refractivity contribution in [3.8, 4) is 0 Å². The van der Waals surface area contributed by atoms with Crippen molar-refractivity contribution in [3.63, 3.8) is 0 Å². The summed E-state index contributed by atoms with van der Waals surface area (Å²) < 4.78 is 0. The summed E-state index contributed by atoms with van der Waals surface area (Å²) in [5.41, 5.74) is 1.35. The molecule has 0 aliphatic carbocycles. The van der Waals surface area contributed by atoms with Crippen molar-refractivity contribution in [2.24, 2.45) is 4.99 Å². The van der Waals surface area contributed by atoms with Crippen LogP contribution in [0.15, 0.2) is 35.3 Å². The van der Waals surface area contributed by atoms with Gasteiger partial charge in [-0.15, -0.1) is 0 Å². The number of aliphatic imine (C=N–C) groups is 1. The Kier molecular flexibility index (Phi) is 7.91. The van der Waals surface area contributed by atoms with Crippen LogP contribution in [0.5, 0.6) is 0 Å². The average molecular weight is 360 g/mol. The van der Waals surface area contributed by atoms with Crippen LogP contribution < -0.4 is 5.32 Å². The number of piperazine rings is 1. The number of carbonyl (C=O) groups is 1. The molecular formula is C20H33N5O. The van der Waals surface area contributed by atoms with E-state index in [1.54, 1.807) is 19.0 Å². The molecule has 1 N–H and O–H groups in total. The lowest BCUT2D eigenvalue weighted by atomic mass is 10.2. The van der Waals surface area contributed by atoms with Gasteiger partial charge in [0.05, 0.1) is 0 Å². The number of guanidine groups is 1. The highest BCUT2D eigenvalue weighted by molar-refractivity contribution is 5.85. The second-order valence-corrected chi connectivity index (χ2v) is 7.13. The molecule has 1 aliphatic heterocycles. The molecule has 1 aliphatic rings. The summed E-state index contributed by atoms with van der Waals surface area (Å²) in [5, 5.41) is 3.48. The van der Waals surface area contributed by atoms with Crippen molar-refractivity contribution >= 4 is 11.9 Å². The van der Waals surface area contributed by atoms with E-state index in [4.69, 9.17) is 0 Å². The van der Waals surface area contributed by atoms with Crippen LogP contribution in [-0.4, -0.2) is 79.4 Å². The third-order valence-electron chi connectivity index (χ3n) is 4.77. The smallest absolute Gasteiger partial charge is 0.243 e. The molecule has 1 fully saturated rings. The number of nitrogens with one attached hydrogen (secondary N) is 1. The van der Waals surface area contributed by atoms with Crippen molar-refractivity contribution in [1.29, 1.82) is 0 Å². The zero-order valence-corrected chi connectivity index (χ0v) is 16.6. The molecule has 1 atom stereocenters. The first-order valence-electron chi connectivity index (χ1n) is 9.52. The number of benzene rings is 1. The summed E-state index contributed by atoms with van der Waals surface area (Å²) in [6.07, 6.45) is 1.02. The first-order chi connectivity index (χ1) is 12.5. The van der Waals surface area contributed by atoms with E-state index in [0.29, 0.717) is 6.04 Å². The lowest BCUT2D eigenvalue weighted by Crippen LogP contribution is -2.53. The molecule has 1 saturated heterocycles. The minimum atomic E-state index is 0.0242. The molecule has 0 radical (unpaired) electrons. The van der Waals surface area contributed by atoms with Crippen molar-refractivity contribution in [2.45, 2.75) is 32.9 Å². The van der Waals surface area contributed by atoms with Gasteiger partial charge in [-0.05, 0) is 18.9 Å². The molecule has 26 heavy (non-hydrogen) atoms. The summed E-state index contributed by atoms with van der Waals surface area (Å²) in [6.45, 7) is 9.31. The monoisotopic (exact) mass is 359 g/mol. The summed E-state index contributed by atoms with van der Waals surface area (Å²) in [5.74, 6) is 0.880. The molecule has 1 aromatic rings. The molecule has 6 heteroatoms. The maximum atomic E-state index is 11.9. The van der Waals surface area contributed by atoms with Crippen LogP contribution >= 0.6 is 0 Å². The summed E-state index contributed by atoms with van der Waals surface area (Å²) in [6, 6.07) is 10.9. The van der Waals surface area contributed by atoms with Gasteiger partial charge in [-0.2, -0.15) is 0 Å². The van der Waals surface area contributed by atoms with Crippen LogP contribution in [0.4, 0.5) is 0 Å². The number of amides is 1. The van der Waals surface area contributed by atoms with E-state index in [0.717, 1.165) is 45.1 Å². The molecule has 1 unspecified atom stereocenters. The molecule has 1 heterocycles. The van der Waals surface area contributed by atoms with Crippen LogP contribution in [0.3, 0.4) is 0 Å². The van der Waals surface area contributed by atoms with Crippen LogP contribution in [0.1, 0.15) is 25.8 Å². The molecule has 1 aromatic carbocycles. The van der Waals surface area contributed by atoms with Crippen LogP contribution in [-0.2, 0) is 11.3 Å². The van der Waals surface area contributed by atoms with Gasteiger partial charge in [0, 0.05) is 52.9 Å². The predicted octanol–water partition coefficient (Wildman–Crippen LogP) is 1.64. The fraction of sp³-hybridized carbons (Fsp3) is 0.600. The van der Waals surface area contributed by atoms with Gasteiger partial charge in [-0.1, -0.05) is 37.3 Å². The first kappa shape index (κ1) is 20.2. The highest BCUT2D eigenvalue weighted by atomic mass is 16.2. The Morgan fingerprint density at radius 3 is 2.42 bits per heavy atom. The Morgan fingerprint density at radius 2 is 1.85 bits per heavy atom. The van der Waals surface area contributed by atoms with Crippen molar-refractivity contribution in [2.75, 3.05) is 46.8 Å². The third-order valence-corrected chi connectivity index (χ3v) is 4.77. The average Bonchev–Trinajstić information content (AvgIpc) is 2.66. The predicted molar refractivity (Wildman–Crippen MR) is 107 cm³/mol. The number of carbonyl (C=O) groups excluding carboxylic acids is 1. The molecule has 0 aromatic heterocycles. The fourth-order valence-electron chi connectivity index (χ4n) is 2.80. The maximum absolute atomic E-state index is 11.9. The van der Waals surface area contributed by atoms with Crippen molar-refractivity contribution in [3.05, 3.63) is 35.9 Å². The Bertz CT molecular complexity index is 579. The number of rotatable bonds is 6. The van der Waals surface area contributed by atoms with Gasteiger partial charge in [-0.3, -0.25) is 9.69 Å². The molecule has 1 amide bonds. The van der Waals surface area contributed by atoms with E-state index in [1.165, 1.54) is 5.56 Å². The van der Waals surface area contributed by atoms with Crippen molar-refractivity contribution in [1.82, 2.24) is 20.0 Å². The standard InChI is InChI=1S/C20H33N5O/c1-5-17(2)22-20(21-15-19(26)23(3)4)25-13-11-24(12-14-25)16-18-9-7-6-8-10-18/h6-10,17H,5,11-16H2,1-4H3,(H,21,22). The fourth-order valence-corrected chi connectivity index (χ4v) is 2.80. The molecule has 144 valence electrons. The van der Waals surface area contributed by atoms with E-state index in [1.807, 2.05) is 0 Å². The minimum absolute atomic E-state index is 0.0242.